The van der Waals surface area contributed by atoms with Gasteiger partial charge in [-0.15, -0.1) is 0 Å². The number of rotatable bonds is 4. The molecule has 13 heavy (non-hydrogen) atoms. The van der Waals surface area contributed by atoms with E-state index in [0.717, 1.165) is 0 Å². The maximum absolute atomic E-state index is 9.93. The number of phosphoric ester groups is 1. The molecule has 0 amide bonds. The van der Waals surface area contributed by atoms with Gasteiger partial charge in [-0.2, -0.15) is 0 Å². The Kier molecular flexibility index (Phi) is 25.2. The van der Waals surface area contributed by atoms with Gasteiger partial charge < -0.3 is 24.3 Å². The van der Waals surface area contributed by atoms with Gasteiger partial charge in [-0.05, 0) is 0 Å². The van der Waals surface area contributed by atoms with Gasteiger partial charge in [-0.25, -0.2) is 4.57 Å². The minimum atomic E-state index is -4.50. The van der Waals surface area contributed by atoms with Gasteiger partial charge in [0.15, 0.2) is 0 Å². The molecule has 1 unspecified atom stereocenters. The van der Waals surface area contributed by atoms with Crippen LogP contribution in [0.1, 0.15) is 4.28 Å². The summed E-state index contributed by atoms with van der Waals surface area (Å²) in [4.78, 5) is 16.1. The van der Waals surface area contributed by atoms with Crippen LogP contribution in [-0.2, 0) is 9.09 Å². The van der Waals surface area contributed by atoms with Gasteiger partial charge in [-0.3, -0.25) is 4.52 Å². The van der Waals surface area contributed by atoms with E-state index in [4.69, 9.17) is 20.0 Å². The van der Waals surface area contributed by atoms with Crippen molar-refractivity contribution in [3.8, 4) is 0 Å². The third-order valence-corrected chi connectivity index (χ3v) is 1.13. The third-order valence-electron chi connectivity index (χ3n) is 0.646. The average molecular weight is 244 g/mol. The summed E-state index contributed by atoms with van der Waals surface area (Å²) in [6.45, 7) is -1.15. The summed E-state index contributed by atoms with van der Waals surface area (Å²) in [5, 5.41) is 16.7. The number of aliphatic hydroxyl groups excluding tert-OH is 2. The summed E-state index contributed by atoms with van der Waals surface area (Å²) in [6.07, 6.45) is -1.24. The van der Waals surface area contributed by atoms with Gasteiger partial charge in [0.2, 0.25) is 0 Å². The largest absolute Gasteiger partial charge is 1.00 e. The first-order chi connectivity index (χ1) is 4.45. The second-order valence-corrected chi connectivity index (χ2v) is 2.86. The van der Waals surface area contributed by atoms with Crippen molar-refractivity contribution in [1.82, 2.24) is 0 Å². The molecule has 0 aromatic rings. The average Bonchev–Trinajstić information content (AvgIpc) is 1.81. The van der Waals surface area contributed by atoms with Crippen molar-refractivity contribution in [2.75, 3.05) is 13.2 Å². The Balaban J connectivity index is -0.0000000270. The molecule has 0 saturated carbocycles. The van der Waals surface area contributed by atoms with E-state index in [0.29, 0.717) is 0 Å². The first-order valence-electron chi connectivity index (χ1n) is 2.44. The molecule has 0 saturated heterocycles. The monoisotopic (exact) mass is 244 g/mol. The molecule has 0 aromatic heterocycles. The predicted molar refractivity (Wildman–Crippen MR) is 34.4 cm³/mol. The standard InChI is InChI=1S/C3H9O6P.3Na.3H/c4-1-3(5)2-9-10(6,7)8;;;;;;/h3-5H,1-2H2,(H2,6,7,8);;;;;;/q;3*+1;3*-1. The fourth-order valence-corrected chi connectivity index (χ4v) is 0.602. The van der Waals surface area contributed by atoms with E-state index >= 15 is 0 Å². The first-order valence-corrected chi connectivity index (χ1v) is 3.98. The Labute approximate surface area is 147 Å². The Morgan fingerprint density at radius 1 is 1.31 bits per heavy atom. The van der Waals surface area contributed by atoms with Crippen molar-refractivity contribution in [2.24, 2.45) is 0 Å². The van der Waals surface area contributed by atoms with Gasteiger partial charge >= 0.3 is 96.5 Å². The molecule has 0 aliphatic carbocycles. The zero-order valence-electron chi connectivity index (χ0n) is 11.0. The summed E-state index contributed by atoms with van der Waals surface area (Å²) >= 11 is 0. The maximum atomic E-state index is 9.93. The van der Waals surface area contributed by atoms with Gasteiger partial charge in [0.1, 0.15) is 6.10 Å². The molecule has 68 valence electrons. The van der Waals surface area contributed by atoms with Crippen LogP contribution in [0.25, 0.3) is 0 Å². The van der Waals surface area contributed by atoms with Crippen LogP contribution in [0.5, 0.6) is 0 Å². The second kappa shape index (κ2) is 13.1. The molecule has 10 heteroatoms. The van der Waals surface area contributed by atoms with Crippen LogP contribution in [0.3, 0.4) is 0 Å². The van der Waals surface area contributed by atoms with E-state index in [1.165, 1.54) is 0 Å². The van der Waals surface area contributed by atoms with Gasteiger partial charge in [0, 0.05) is 0 Å². The van der Waals surface area contributed by atoms with Gasteiger partial charge in [0.05, 0.1) is 13.2 Å². The summed E-state index contributed by atoms with van der Waals surface area (Å²) in [6, 6.07) is 0. The smallest absolute Gasteiger partial charge is 1.00 e. The molecular formula is C3H12Na3O6P. The predicted octanol–water partition coefficient (Wildman–Crippen LogP) is -10.2. The van der Waals surface area contributed by atoms with Gasteiger partial charge in [-0.1, -0.05) is 0 Å². The Morgan fingerprint density at radius 3 is 1.92 bits per heavy atom. The summed E-state index contributed by atoms with van der Waals surface area (Å²) in [5.41, 5.74) is 0. The molecule has 0 aromatic carbocycles. The van der Waals surface area contributed by atoms with Crippen molar-refractivity contribution >= 4 is 7.82 Å². The molecule has 4 N–H and O–H groups in total. The van der Waals surface area contributed by atoms with Crippen molar-refractivity contribution in [3.05, 3.63) is 0 Å². The van der Waals surface area contributed by atoms with E-state index in [2.05, 4.69) is 4.52 Å². The zero-order valence-corrected chi connectivity index (χ0v) is 14.9. The quantitative estimate of drug-likeness (QED) is 0.289. The van der Waals surface area contributed by atoms with Crippen molar-refractivity contribution in [3.63, 3.8) is 0 Å². The van der Waals surface area contributed by atoms with Crippen LogP contribution in [0.4, 0.5) is 0 Å². The third kappa shape index (κ3) is 21.0. The molecule has 0 rings (SSSR count). The molecule has 1 atom stereocenters. The van der Waals surface area contributed by atoms with E-state index < -0.39 is 27.1 Å². The normalized spacial score (nSPS) is 11.7. The molecule has 0 aliphatic rings. The van der Waals surface area contributed by atoms with Crippen LogP contribution in [0.15, 0.2) is 0 Å². The minimum Gasteiger partial charge on any atom is -1.00 e. The number of hydrogen-bond acceptors (Lipinski definition) is 4. The van der Waals surface area contributed by atoms with Gasteiger partial charge in [0.25, 0.3) is 0 Å². The first kappa shape index (κ1) is 25.0. The number of hydrogen-bond donors (Lipinski definition) is 4. The molecule has 0 aliphatic heterocycles. The summed E-state index contributed by atoms with van der Waals surface area (Å²) in [5.74, 6) is 0. The SMILES string of the molecule is O=P(O)(O)OCC(O)CO.[H-].[H-].[H-].[Na+].[Na+].[Na+]. The second-order valence-electron chi connectivity index (χ2n) is 1.62. The zero-order chi connectivity index (χ0) is 8.20. The Hall–Kier alpha value is 3.03. The van der Waals surface area contributed by atoms with Crippen molar-refractivity contribution in [2.45, 2.75) is 6.10 Å². The van der Waals surface area contributed by atoms with E-state index in [-0.39, 0.29) is 93.0 Å². The Bertz CT molecular complexity index is 150. The molecule has 0 fully saturated rings. The number of aliphatic hydroxyl groups is 2. The van der Waals surface area contributed by atoms with Crippen LogP contribution >= 0.6 is 7.82 Å². The molecule has 6 nitrogen and oxygen atoms in total. The summed E-state index contributed by atoms with van der Waals surface area (Å²) in [7, 11) is -4.50. The van der Waals surface area contributed by atoms with Crippen LogP contribution in [0.2, 0.25) is 0 Å². The Morgan fingerprint density at radius 2 is 1.69 bits per heavy atom. The molecule has 0 radical (unpaired) electrons. The van der Waals surface area contributed by atoms with Crippen LogP contribution < -0.4 is 88.7 Å². The molecular weight excluding hydrogens is 232 g/mol. The molecule has 0 bridgehead atoms. The van der Waals surface area contributed by atoms with Crippen LogP contribution in [-0.4, -0.2) is 39.3 Å². The number of phosphoric acid groups is 1. The van der Waals surface area contributed by atoms with E-state index in [1.54, 1.807) is 0 Å². The maximum Gasteiger partial charge on any atom is 1.00 e. The molecule has 0 spiro atoms. The van der Waals surface area contributed by atoms with Crippen LogP contribution in [0, 0.1) is 0 Å². The van der Waals surface area contributed by atoms with E-state index in [9.17, 15) is 4.57 Å². The minimum absolute atomic E-state index is 0. The van der Waals surface area contributed by atoms with Crippen molar-refractivity contribution in [1.29, 1.82) is 0 Å². The van der Waals surface area contributed by atoms with Crippen molar-refractivity contribution < 1.29 is 122 Å². The summed E-state index contributed by atoms with van der Waals surface area (Å²) < 4.78 is 13.8. The fourth-order valence-electron chi connectivity index (χ4n) is 0.236. The molecule has 0 heterocycles. The van der Waals surface area contributed by atoms with E-state index in [1.807, 2.05) is 0 Å². The fraction of sp³-hybridized carbons (Fsp3) is 1.00. The topological polar surface area (TPSA) is 107 Å².